The van der Waals surface area contributed by atoms with Gasteiger partial charge in [0.05, 0.1) is 11.4 Å². The number of nitrogen functional groups attached to an aromatic ring is 1. The SMILES string of the molecule is CCNC(=O)c1ccc(N)c(NC2CCC(SCC)C2)c1. The maximum atomic E-state index is 11.9. The van der Waals surface area contributed by atoms with Crippen LogP contribution in [0.25, 0.3) is 0 Å². The molecule has 0 bridgehead atoms. The molecule has 21 heavy (non-hydrogen) atoms. The van der Waals surface area contributed by atoms with E-state index >= 15 is 0 Å². The Kier molecular flexibility index (Phi) is 5.79. The molecule has 1 saturated carbocycles. The molecule has 0 radical (unpaired) electrons. The molecule has 1 aliphatic rings. The fourth-order valence-corrected chi connectivity index (χ4v) is 3.91. The Balaban J connectivity index is 2.02. The average molecular weight is 307 g/mol. The summed E-state index contributed by atoms with van der Waals surface area (Å²) in [7, 11) is 0. The van der Waals surface area contributed by atoms with Crippen LogP contribution in [0.4, 0.5) is 11.4 Å². The predicted molar refractivity (Wildman–Crippen MR) is 92.0 cm³/mol. The second-order valence-electron chi connectivity index (χ2n) is 5.39. The van der Waals surface area contributed by atoms with E-state index in [4.69, 9.17) is 5.73 Å². The van der Waals surface area contributed by atoms with Crippen molar-refractivity contribution in [3.63, 3.8) is 0 Å². The third-order valence-corrected chi connectivity index (χ3v) is 5.03. The Labute approximate surface area is 131 Å². The zero-order chi connectivity index (χ0) is 15.2. The minimum absolute atomic E-state index is 0.0496. The maximum Gasteiger partial charge on any atom is 0.251 e. The first-order valence-corrected chi connectivity index (χ1v) is 8.74. The topological polar surface area (TPSA) is 67.2 Å². The van der Waals surface area contributed by atoms with Crippen LogP contribution in [0.2, 0.25) is 0 Å². The lowest BCUT2D eigenvalue weighted by Gasteiger charge is -2.17. The first kappa shape index (κ1) is 16.0. The highest BCUT2D eigenvalue weighted by molar-refractivity contribution is 7.99. The minimum atomic E-state index is -0.0496. The largest absolute Gasteiger partial charge is 0.397 e. The van der Waals surface area contributed by atoms with Gasteiger partial charge in [-0.1, -0.05) is 6.92 Å². The van der Waals surface area contributed by atoms with E-state index in [1.165, 1.54) is 25.0 Å². The summed E-state index contributed by atoms with van der Waals surface area (Å²) in [5.41, 5.74) is 8.28. The van der Waals surface area contributed by atoms with Crippen molar-refractivity contribution in [3.05, 3.63) is 23.8 Å². The van der Waals surface area contributed by atoms with Gasteiger partial charge in [0.2, 0.25) is 0 Å². The van der Waals surface area contributed by atoms with Crippen molar-refractivity contribution < 1.29 is 4.79 Å². The Morgan fingerprint density at radius 3 is 2.90 bits per heavy atom. The summed E-state index contributed by atoms with van der Waals surface area (Å²) in [5.74, 6) is 1.12. The van der Waals surface area contributed by atoms with Gasteiger partial charge in [-0.3, -0.25) is 4.79 Å². The lowest BCUT2D eigenvalue weighted by Crippen LogP contribution is -2.23. The molecule has 5 heteroatoms. The Morgan fingerprint density at radius 2 is 2.19 bits per heavy atom. The van der Waals surface area contributed by atoms with Gasteiger partial charge in [0.25, 0.3) is 5.91 Å². The smallest absolute Gasteiger partial charge is 0.251 e. The molecule has 1 aromatic carbocycles. The summed E-state index contributed by atoms with van der Waals surface area (Å²) in [4.78, 5) is 11.9. The summed E-state index contributed by atoms with van der Waals surface area (Å²) in [6, 6.07) is 5.90. The van der Waals surface area contributed by atoms with Crippen molar-refractivity contribution in [2.75, 3.05) is 23.3 Å². The number of carbonyl (C=O) groups excluding carboxylic acids is 1. The molecule has 2 unspecified atom stereocenters. The summed E-state index contributed by atoms with van der Waals surface area (Å²) in [6.07, 6.45) is 3.60. The number of carbonyl (C=O) groups is 1. The number of benzene rings is 1. The van der Waals surface area contributed by atoms with Crippen LogP contribution in [0.5, 0.6) is 0 Å². The maximum absolute atomic E-state index is 11.9. The van der Waals surface area contributed by atoms with Gasteiger partial charge in [-0.15, -0.1) is 0 Å². The van der Waals surface area contributed by atoms with Crippen LogP contribution < -0.4 is 16.4 Å². The fraction of sp³-hybridized carbons (Fsp3) is 0.562. The first-order chi connectivity index (χ1) is 10.1. The zero-order valence-electron chi connectivity index (χ0n) is 12.8. The molecule has 4 N–H and O–H groups in total. The monoisotopic (exact) mass is 307 g/mol. The normalized spacial score (nSPS) is 21.2. The van der Waals surface area contributed by atoms with Gasteiger partial charge < -0.3 is 16.4 Å². The van der Waals surface area contributed by atoms with E-state index < -0.39 is 0 Å². The number of hydrogen-bond acceptors (Lipinski definition) is 4. The third kappa shape index (κ3) is 4.30. The van der Waals surface area contributed by atoms with E-state index in [2.05, 4.69) is 17.6 Å². The highest BCUT2D eigenvalue weighted by atomic mass is 32.2. The van der Waals surface area contributed by atoms with Gasteiger partial charge in [-0.2, -0.15) is 11.8 Å². The minimum Gasteiger partial charge on any atom is -0.397 e. The summed E-state index contributed by atoms with van der Waals surface area (Å²) in [5, 5.41) is 7.08. The number of hydrogen-bond donors (Lipinski definition) is 3. The molecule has 0 aromatic heterocycles. The Hall–Kier alpha value is -1.36. The molecule has 0 saturated heterocycles. The van der Waals surface area contributed by atoms with Crippen molar-refractivity contribution >= 4 is 29.0 Å². The van der Waals surface area contributed by atoms with Crippen LogP contribution in [0.15, 0.2) is 18.2 Å². The number of nitrogens with one attached hydrogen (secondary N) is 2. The third-order valence-electron chi connectivity index (χ3n) is 3.80. The van der Waals surface area contributed by atoms with E-state index in [1.54, 1.807) is 12.1 Å². The van der Waals surface area contributed by atoms with E-state index in [0.29, 0.717) is 23.8 Å². The van der Waals surface area contributed by atoms with Crippen molar-refractivity contribution in [2.24, 2.45) is 0 Å². The van der Waals surface area contributed by atoms with E-state index in [1.807, 2.05) is 24.8 Å². The van der Waals surface area contributed by atoms with E-state index in [9.17, 15) is 4.79 Å². The predicted octanol–water partition coefficient (Wildman–Crippen LogP) is 3.10. The zero-order valence-corrected chi connectivity index (χ0v) is 13.6. The van der Waals surface area contributed by atoms with Crippen molar-refractivity contribution in [1.82, 2.24) is 5.32 Å². The fourth-order valence-electron chi connectivity index (χ4n) is 2.76. The van der Waals surface area contributed by atoms with Crippen molar-refractivity contribution in [2.45, 2.75) is 44.4 Å². The number of amides is 1. The van der Waals surface area contributed by atoms with Crippen LogP contribution in [0.1, 0.15) is 43.5 Å². The first-order valence-electron chi connectivity index (χ1n) is 7.69. The number of rotatable bonds is 6. The molecule has 2 rings (SSSR count). The van der Waals surface area contributed by atoms with Gasteiger partial charge in [0, 0.05) is 23.4 Å². The van der Waals surface area contributed by atoms with Gasteiger partial charge in [0.15, 0.2) is 0 Å². The van der Waals surface area contributed by atoms with Crippen LogP contribution in [-0.4, -0.2) is 29.5 Å². The average Bonchev–Trinajstić information content (AvgIpc) is 2.89. The van der Waals surface area contributed by atoms with Gasteiger partial charge in [-0.05, 0) is 50.1 Å². The second kappa shape index (κ2) is 7.59. The Morgan fingerprint density at radius 1 is 1.38 bits per heavy atom. The number of nitrogens with two attached hydrogens (primary N) is 1. The lowest BCUT2D eigenvalue weighted by atomic mass is 10.1. The van der Waals surface area contributed by atoms with Gasteiger partial charge in [-0.25, -0.2) is 0 Å². The molecule has 1 aliphatic carbocycles. The molecular formula is C16H25N3OS. The molecule has 116 valence electrons. The van der Waals surface area contributed by atoms with Crippen LogP contribution in [0.3, 0.4) is 0 Å². The molecule has 0 spiro atoms. The molecule has 4 nitrogen and oxygen atoms in total. The van der Waals surface area contributed by atoms with Crippen molar-refractivity contribution in [1.29, 1.82) is 0 Å². The highest BCUT2D eigenvalue weighted by Crippen LogP contribution is 2.32. The molecule has 1 amide bonds. The quantitative estimate of drug-likeness (QED) is 0.707. The van der Waals surface area contributed by atoms with E-state index in [0.717, 1.165) is 10.9 Å². The molecule has 1 aromatic rings. The molecule has 0 aliphatic heterocycles. The summed E-state index contributed by atoms with van der Waals surface area (Å²) in [6.45, 7) is 4.75. The van der Waals surface area contributed by atoms with Crippen LogP contribution in [-0.2, 0) is 0 Å². The van der Waals surface area contributed by atoms with Gasteiger partial charge >= 0.3 is 0 Å². The van der Waals surface area contributed by atoms with Crippen LogP contribution in [0, 0.1) is 0 Å². The molecular weight excluding hydrogens is 282 g/mol. The summed E-state index contributed by atoms with van der Waals surface area (Å²) < 4.78 is 0. The molecule has 2 atom stereocenters. The number of thioether (sulfide) groups is 1. The van der Waals surface area contributed by atoms with Crippen molar-refractivity contribution in [3.8, 4) is 0 Å². The summed E-state index contributed by atoms with van der Waals surface area (Å²) >= 11 is 2.04. The number of anilines is 2. The Bertz CT molecular complexity index is 492. The van der Waals surface area contributed by atoms with Gasteiger partial charge in [0.1, 0.15) is 0 Å². The van der Waals surface area contributed by atoms with Crippen LogP contribution >= 0.6 is 11.8 Å². The molecule has 0 heterocycles. The molecule has 1 fully saturated rings. The van der Waals surface area contributed by atoms with E-state index in [-0.39, 0.29) is 5.91 Å². The standard InChI is InChI=1S/C16H25N3OS/c1-3-18-16(20)11-5-8-14(17)15(9-11)19-12-6-7-13(10-12)21-4-2/h5,8-9,12-13,19H,3-4,6-7,10,17H2,1-2H3,(H,18,20). The lowest BCUT2D eigenvalue weighted by molar-refractivity contribution is 0.0956. The highest BCUT2D eigenvalue weighted by Gasteiger charge is 2.24. The second-order valence-corrected chi connectivity index (χ2v) is 6.97.